The number of hydrogen-bond donors (Lipinski definition) is 3. The van der Waals surface area contributed by atoms with E-state index < -0.39 is 24.5 Å². The van der Waals surface area contributed by atoms with Crippen molar-refractivity contribution in [2.75, 3.05) is 6.61 Å². The normalized spacial score (nSPS) is 11.3. The number of aliphatic hydroxyl groups excluding tert-OH is 1. The van der Waals surface area contributed by atoms with Crippen molar-refractivity contribution in [1.82, 2.24) is 5.32 Å². The number of carboxylic acid groups (broad SMARTS) is 1. The van der Waals surface area contributed by atoms with Gasteiger partial charge >= 0.3 is 5.97 Å². The summed E-state index contributed by atoms with van der Waals surface area (Å²) in [7, 11) is 0. The van der Waals surface area contributed by atoms with Crippen LogP contribution in [0, 0.1) is 12.3 Å². The molecular weight excluding hydrogens is 162 g/mol. The summed E-state index contributed by atoms with van der Waals surface area (Å²) < 4.78 is 0. The molecule has 0 aromatic rings. The van der Waals surface area contributed by atoms with Crippen molar-refractivity contribution >= 4 is 11.9 Å². The number of carboxylic acids is 1. The minimum Gasteiger partial charge on any atom is -0.480 e. The van der Waals surface area contributed by atoms with Gasteiger partial charge in [0.1, 0.15) is 6.04 Å². The van der Waals surface area contributed by atoms with E-state index in [1.54, 1.807) is 0 Å². The third kappa shape index (κ3) is 3.58. The molecule has 66 valence electrons. The summed E-state index contributed by atoms with van der Waals surface area (Å²) in [6.07, 6.45) is 4.61. The van der Waals surface area contributed by atoms with Crippen molar-refractivity contribution in [3.05, 3.63) is 0 Å². The first-order valence-corrected chi connectivity index (χ1v) is 3.18. The molecule has 0 aromatic heterocycles. The van der Waals surface area contributed by atoms with E-state index in [2.05, 4.69) is 0 Å². The zero-order valence-electron chi connectivity index (χ0n) is 6.28. The van der Waals surface area contributed by atoms with Crippen LogP contribution in [0.3, 0.4) is 0 Å². The van der Waals surface area contributed by atoms with Gasteiger partial charge in [-0.05, 0) is 0 Å². The van der Waals surface area contributed by atoms with E-state index in [1.165, 1.54) is 0 Å². The molecule has 0 radical (unpaired) electrons. The molecule has 0 heterocycles. The van der Waals surface area contributed by atoms with Crippen molar-refractivity contribution in [3.63, 3.8) is 0 Å². The van der Waals surface area contributed by atoms with E-state index in [0.29, 0.717) is 0 Å². The van der Waals surface area contributed by atoms with Gasteiger partial charge < -0.3 is 15.5 Å². The molecule has 1 atom stereocenters. The molecule has 0 aliphatic carbocycles. The first-order chi connectivity index (χ1) is 5.61. The molecule has 0 aromatic carbocycles. The molecule has 0 saturated carbocycles. The van der Waals surface area contributed by atoms with Gasteiger partial charge in [0.15, 0.2) is 0 Å². The maximum atomic E-state index is 10.7. The minimum absolute atomic E-state index is 0.191. The van der Waals surface area contributed by atoms with Crippen LogP contribution in [0.1, 0.15) is 6.42 Å². The van der Waals surface area contributed by atoms with E-state index >= 15 is 0 Å². The molecule has 3 N–H and O–H groups in total. The Hall–Kier alpha value is -1.54. The highest BCUT2D eigenvalue weighted by Crippen LogP contribution is 1.84. The molecule has 12 heavy (non-hydrogen) atoms. The second kappa shape index (κ2) is 5.16. The molecule has 0 saturated heterocycles. The van der Waals surface area contributed by atoms with Crippen molar-refractivity contribution in [1.29, 1.82) is 0 Å². The molecule has 0 aliphatic heterocycles. The predicted octanol–water partition coefficient (Wildman–Crippen LogP) is -1.43. The number of nitrogens with one attached hydrogen (secondary N) is 1. The fourth-order valence-electron chi connectivity index (χ4n) is 0.524. The number of aliphatic hydroxyl groups is 1. The molecule has 0 aliphatic rings. The van der Waals surface area contributed by atoms with Crippen LogP contribution in [0.15, 0.2) is 0 Å². The summed E-state index contributed by atoms with van der Waals surface area (Å²) in [6.45, 7) is -0.647. The zero-order valence-corrected chi connectivity index (χ0v) is 6.28. The van der Waals surface area contributed by atoms with Gasteiger partial charge in [-0.1, -0.05) is 5.92 Å². The van der Waals surface area contributed by atoms with Crippen LogP contribution in [-0.2, 0) is 9.59 Å². The van der Waals surface area contributed by atoms with E-state index in [-0.39, 0.29) is 6.42 Å². The molecule has 0 spiro atoms. The highest BCUT2D eigenvalue weighted by Gasteiger charge is 2.17. The van der Waals surface area contributed by atoms with Crippen LogP contribution in [0.5, 0.6) is 0 Å². The molecule has 0 fully saturated rings. The molecule has 0 bridgehead atoms. The third-order valence-corrected chi connectivity index (χ3v) is 1.08. The fraction of sp³-hybridized carbons (Fsp3) is 0.429. The number of rotatable bonds is 4. The maximum absolute atomic E-state index is 10.7. The Kier molecular flexibility index (Phi) is 4.49. The Morgan fingerprint density at radius 1 is 1.58 bits per heavy atom. The third-order valence-electron chi connectivity index (χ3n) is 1.08. The lowest BCUT2D eigenvalue weighted by atomic mass is 10.3. The summed E-state index contributed by atoms with van der Waals surface area (Å²) in [5.74, 6) is 0.176. The lowest BCUT2D eigenvalue weighted by Crippen LogP contribution is -2.43. The fourth-order valence-corrected chi connectivity index (χ4v) is 0.524. The lowest BCUT2D eigenvalue weighted by Gasteiger charge is -2.09. The van der Waals surface area contributed by atoms with Crippen LogP contribution in [0.25, 0.3) is 0 Å². The lowest BCUT2D eigenvalue weighted by molar-refractivity contribution is -0.142. The van der Waals surface area contributed by atoms with Crippen LogP contribution < -0.4 is 5.32 Å². The summed E-state index contributed by atoms with van der Waals surface area (Å²) in [4.78, 5) is 20.9. The van der Waals surface area contributed by atoms with Gasteiger partial charge in [0.2, 0.25) is 5.91 Å². The minimum atomic E-state index is -1.29. The maximum Gasteiger partial charge on any atom is 0.328 e. The SMILES string of the molecule is C#CCC(=O)N[C@H](CO)C(=O)O. The molecule has 0 rings (SSSR count). The Labute approximate surface area is 69.4 Å². The van der Waals surface area contributed by atoms with Crippen molar-refractivity contribution in [3.8, 4) is 12.3 Å². The van der Waals surface area contributed by atoms with Gasteiger partial charge in [-0.3, -0.25) is 4.79 Å². The quantitative estimate of drug-likeness (QED) is 0.453. The number of carbonyl (C=O) groups is 2. The molecule has 5 heteroatoms. The van der Waals surface area contributed by atoms with Gasteiger partial charge in [0.05, 0.1) is 13.0 Å². The highest BCUT2D eigenvalue weighted by molar-refractivity contribution is 5.84. The van der Waals surface area contributed by atoms with E-state index in [1.807, 2.05) is 11.2 Å². The number of carbonyl (C=O) groups excluding carboxylic acids is 1. The van der Waals surface area contributed by atoms with Crippen molar-refractivity contribution < 1.29 is 19.8 Å². The van der Waals surface area contributed by atoms with Crippen molar-refractivity contribution in [2.24, 2.45) is 0 Å². The topological polar surface area (TPSA) is 86.6 Å². The van der Waals surface area contributed by atoms with Crippen LogP contribution >= 0.6 is 0 Å². The largest absolute Gasteiger partial charge is 0.480 e. The van der Waals surface area contributed by atoms with Gasteiger partial charge in [-0.15, -0.1) is 6.42 Å². The number of amides is 1. The van der Waals surface area contributed by atoms with Crippen LogP contribution in [0.4, 0.5) is 0 Å². The van der Waals surface area contributed by atoms with Crippen LogP contribution in [0.2, 0.25) is 0 Å². The number of terminal acetylenes is 1. The summed E-state index contributed by atoms with van der Waals surface area (Å²) in [6, 6.07) is -1.27. The van der Waals surface area contributed by atoms with E-state index in [0.717, 1.165) is 0 Å². The first-order valence-electron chi connectivity index (χ1n) is 3.18. The summed E-state index contributed by atoms with van der Waals surface area (Å²) in [5, 5.41) is 18.9. The Morgan fingerprint density at radius 3 is 2.50 bits per heavy atom. The second-order valence-corrected chi connectivity index (χ2v) is 2.02. The molecule has 5 nitrogen and oxygen atoms in total. The predicted molar refractivity (Wildman–Crippen MR) is 40.1 cm³/mol. The van der Waals surface area contributed by atoms with E-state index in [9.17, 15) is 9.59 Å². The van der Waals surface area contributed by atoms with Crippen LogP contribution in [-0.4, -0.2) is 34.7 Å². The smallest absolute Gasteiger partial charge is 0.328 e. The Balaban J connectivity index is 3.96. The van der Waals surface area contributed by atoms with Gasteiger partial charge in [-0.25, -0.2) is 4.79 Å². The number of hydrogen-bond acceptors (Lipinski definition) is 3. The second-order valence-electron chi connectivity index (χ2n) is 2.02. The summed E-state index contributed by atoms with van der Waals surface area (Å²) >= 11 is 0. The Morgan fingerprint density at radius 2 is 2.17 bits per heavy atom. The monoisotopic (exact) mass is 171 g/mol. The van der Waals surface area contributed by atoms with E-state index in [4.69, 9.17) is 16.6 Å². The highest BCUT2D eigenvalue weighted by atomic mass is 16.4. The average molecular weight is 171 g/mol. The number of aliphatic carboxylic acids is 1. The standard InChI is InChI=1S/C7H9NO4/c1-2-3-6(10)8-5(4-9)7(11)12/h1,5,9H,3-4H2,(H,8,10)(H,11,12)/t5-/m1/s1. The summed E-state index contributed by atoms with van der Waals surface area (Å²) in [5.41, 5.74) is 0. The molecule has 0 unspecified atom stereocenters. The van der Waals surface area contributed by atoms with Gasteiger partial charge in [0.25, 0.3) is 0 Å². The van der Waals surface area contributed by atoms with Gasteiger partial charge in [0, 0.05) is 0 Å². The van der Waals surface area contributed by atoms with Gasteiger partial charge in [-0.2, -0.15) is 0 Å². The van der Waals surface area contributed by atoms with Crippen molar-refractivity contribution in [2.45, 2.75) is 12.5 Å². The average Bonchev–Trinajstić information content (AvgIpc) is 2.00. The molecule has 1 amide bonds. The zero-order chi connectivity index (χ0) is 9.56. The first kappa shape index (κ1) is 10.5. The molecular formula is C7H9NO4. The Bertz CT molecular complexity index is 218.